The number of carbonyl (C=O) groups is 2. The summed E-state index contributed by atoms with van der Waals surface area (Å²) in [4.78, 5) is 24.9. The number of carbonyl (C=O) groups excluding carboxylic acids is 2. The molecule has 1 heterocycles. The number of hydrogen-bond donors (Lipinski definition) is 2. The van der Waals surface area contributed by atoms with Gasteiger partial charge >= 0.3 is 0 Å². The second-order valence-electron chi connectivity index (χ2n) is 6.78. The van der Waals surface area contributed by atoms with Crippen LogP contribution in [0.25, 0.3) is 0 Å². The molecule has 0 unspecified atom stereocenters. The summed E-state index contributed by atoms with van der Waals surface area (Å²) < 4.78 is 1.70. The van der Waals surface area contributed by atoms with E-state index in [0.717, 1.165) is 11.4 Å². The van der Waals surface area contributed by atoms with Crippen LogP contribution in [0.4, 0.5) is 11.4 Å². The van der Waals surface area contributed by atoms with Crippen LogP contribution in [-0.2, 0) is 6.54 Å². The van der Waals surface area contributed by atoms with E-state index in [1.165, 1.54) is 0 Å². The van der Waals surface area contributed by atoms with Crippen LogP contribution in [0.5, 0.6) is 0 Å². The van der Waals surface area contributed by atoms with Crippen molar-refractivity contribution in [3.63, 3.8) is 0 Å². The molecule has 0 saturated carbocycles. The van der Waals surface area contributed by atoms with E-state index in [1.807, 2.05) is 57.2 Å². The zero-order valence-electron chi connectivity index (χ0n) is 16.3. The molecule has 0 fully saturated rings. The van der Waals surface area contributed by atoms with Crippen LogP contribution in [0.15, 0.2) is 60.7 Å². The number of aromatic nitrogens is 2. The quantitative estimate of drug-likeness (QED) is 0.663. The maximum Gasteiger partial charge on any atom is 0.273 e. The SMILES string of the molecule is CCn1nc(C(C)C)cc1C(=O)Nc1ccc(C(=O)Nc2ccccc2)cc1. The van der Waals surface area contributed by atoms with E-state index >= 15 is 0 Å². The van der Waals surface area contributed by atoms with Gasteiger partial charge < -0.3 is 10.6 Å². The largest absolute Gasteiger partial charge is 0.322 e. The van der Waals surface area contributed by atoms with Gasteiger partial charge in [-0.2, -0.15) is 5.10 Å². The first-order valence-electron chi connectivity index (χ1n) is 9.33. The van der Waals surface area contributed by atoms with Crippen molar-refractivity contribution in [2.45, 2.75) is 33.2 Å². The predicted octanol–water partition coefficient (Wildman–Crippen LogP) is 4.53. The molecule has 3 rings (SSSR count). The number of anilines is 2. The van der Waals surface area contributed by atoms with Crippen molar-refractivity contribution in [1.82, 2.24) is 9.78 Å². The number of nitrogens with one attached hydrogen (secondary N) is 2. The van der Waals surface area contributed by atoms with Gasteiger partial charge in [0.2, 0.25) is 0 Å². The van der Waals surface area contributed by atoms with Crippen LogP contribution in [-0.4, -0.2) is 21.6 Å². The standard InChI is InChI=1S/C22H24N4O2/c1-4-26-20(14-19(25-26)15(2)3)22(28)24-18-12-10-16(11-13-18)21(27)23-17-8-6-5-7-9-17/h5-15H,4H2,1-3H3,(H,23,27)(H,24,28). The van der Waals surface area contributed by atoms with Crippen molar-refractivity contribution in [1.29, 1.82) is 0 Å². The summed E-state index contributed by atoms with van der Waals surface area (Å²) in [5.41, 5.74) is 3.29. The molecule has 28 heavy (non-hydrogen) atoms. The van der Waals surface area contributed by atoms with E-state index < -0.39 is 0 Å². The fraction of sp³-hybridized carbons (Fsp3) is 0.227. The number of benzene rings is 2. The minimum absolute atomic E-state index is 0.199. The van der Waals surface area contributed by atoms with E-state index in [1.54, 1.807) is 28.9 Å². The van der Waals surface area contributed by atoms with Crippen LogP contribution in [0.2, 0.25) is 0 Å². The summed E-state index contributed by atoms with van der Waals surface area (Å²) in [5.74, 6) is -0.167. The number of nitrogens with zero attached hydrogens (tertiary/aromatic N) is 2. The Bertz CT molecular complexity index is 960. The average Bonchev–Trinajstić information content (AvgIpc) is 3.14. The predicted molar refractivity (Wildman–Crippen MR) is 111 cm³/mol. The fourth-order valence-corrected chi connectivity index (χ4v) is 2.77. The smallest absolute Gasteiger partial charge is 0.273 e. The summed E-state index contributed by atoms with van der Waals surface area (Å²) in [6.45, 7) is 6.66. The molecule has 3 aromatic rings. The molecule has 1 aromatic heterocycles. The molecule has 2 N–H and O–H groups in total. The third-order valence-electron chi connectivity index (χ3n) is 4.36. The molecule has 144 valence electrons. The van der Waals surface area contributed by atoms with Crippen LogP contribution in [0, 0.1) is 0 Å². The zero-order valence-corrected chi connectivity index (χ0v) is 16.3. The molecule has 2 aromatic carbocycles. The lowest BCUT2D eigenvalue weighted by atomic mass is 10.1. The first-order valence-corrected chi connectivity index (χ1v) is 9.33. The molecular formula is C22H24N4O2. The van der Waals surface area contributed by atoms with Crippen LogP contribution in [0.3, 0.4) is 0 Å². The van der Waals surface area contributed by atoms with Crippen molar-refractivity contribution in [3.8, 4) is 0 Å². The lowest BCUT2D eigenvalue weighted by Gasteiger charge is -2.08. The van der Waals surface area contributed by atoms with Gasteiger partial charge in [-0.3, -0.25) is 14.3 Å². The van der Waals surface area contributed by atoms with Crippen LogP contribution in [0.1, 0.15) is 53.2 Å². The van der Waals surface area contributed by atoms with Gasteiger partial charge in [-0.25, -0.2) is 0 Å². The van der Waals surface area contributed by atoms with Crippen molar-refractivity contribution in [3.05, 3.63) is 77.6 Å². The maximum absolute atomic E-state index is 12.6. The Balaban J connectivity index is 1.69. The highest BCUT2D eigenvalue weighted by molar-refractivity contribution is 6.05. The lowest BCUT2D eigenvalue weighted by molar-refractivity contribution is 0.101. The summed E-state index contributed by atoms with van der Waals surface area (Å²) in [6.07, 6.45) is 0. The summed E-state index contributed by atoms with van der Waals surface area (Å²) in [6, 6.07) is 17.9. The molecule has 0 spiro atoms. The molecule has 0 atom stereocenters. The average molecular weight is 376 g/mol. The van der Waals surface area contributed by atoms with E-state index in [4.69, 9.17) is 0 Å². The molecule has 0 saturated heterocycles. The number of amides is 2. The van der Waals surface area contributed by atoms with Gasteiger partial charge in [0.25, 0.3) is 11.8 Å². The minimum atomic E-state index is -0.220. The molecule has 0 aliphatic rings. The first kappa shape index (κ1) is 19.4. The van der Waals surface area contributed by atoms with Crippen LogP contribution < -0.4 is 10.6 Å². The molecule has 0 aliphatic heterocycles. The number of para-hydroxylation sites is 1. The van der Waals surface area contributed by atoms with Gasteiger partial charge in [0, 0.05) is 23.5 Å². The topological polar surface area (TPSA) is 76.0 Å². The second kappa shape index (κ2) is 8.52. The highest BCUT2D eigenvalue weighted by Crippen LogP contribution is 2.17. The highest BCUT2D eigenvalue weighted by atomic mass is 16.2. The van der Waals surface area contributed by atoms with Crippen molar-refractivity contribution < 1.29 is 9.59 Å². The molecule has 2 amide bonds. The summed E-state index contributed by atoms with van der Waals surface area (Å²) in [7, 11) is 0. The Morgan fingerprint density at radius 2 is 1.54 bits per heavy atom. The Morgan fingerprint density at radius 1 is 0.929 bits per heavy atom. The van der Waals surface area contributed by atoms with Gasteiger partial charge in [-0.1, -0.05) is 32.0 Å². The van der Waals surface area contributed by atoms with Gasteiger partial charge in [0.15, 0.2) is 0 Å². The van der Waals surface area contributed by atoms with Crippen molar-refractivity contribution in [2.24, 2.45) is 0 Å². The van der Waals surface area contributed by atoms with Gasteiger partial charge in [-0.15, -0.1) is 0 Å². The molecule has 0 radical (unpaired) electrons. The Morgan fingerprint density at radius 3 is 2.14 bits per heavy atom. The fourth-order valence-electron chi connectivity index (χ4n) is 2.77. The van der Waals surface area contributed by atoms with Crippen LogP contribution >= 0.6 is 0 Å². The summed E-state index contributed by atoms with van der Waals surface area (Å²) in [5, 5.41) is 10.2. The van der Waals surface area contributed by atoms with Crippen molar-refractivity contribution in [2.75, 3.05) is 10.6 Å². The molecule has 6 nitrogen and oxygen atoms in total. The van der Waals surface area contributed by atoms with E-state index in [-0.39, 0.29) is 17.7 Å². The summed E-state index contributed by atoms with van der Waals surface area (Å²) >= 11 is 0. The number of rotatable bonds is 6. The zero-order chi connectivity index (χ0) is 20.1. The third kappa shape index (κ3) is 4.46. The molecule has 0 aliphatic carbocycles. The number of hydrogen-bond acceptors (Lipinski definition) is 3. The Labute approximate surface area is 164 Å². The van der Waals surface area contributed by atoms with E-state index in [0.29, 0.717) is 23.5 Å². The minimum Gasteiger partial charge on any atom is -0.322 e. The molecular weight excluding hydrogens is 352 g/mol. The highest BCUT2D eigenvalue weighted by Gasteiger charge is 2.16. The molecule has 0 bridgehead atoms. The first-order chi connectivity index (χ1) is 13.5. The normalized spacial score (nSPS) is 10.7. The second-order valence-corrected chi connectivity index (χ2v) is 6.78. The van der Waals surface area contributed by atoms with Crippen molar-refractivity contribution >= 4 is 23.2 Å². The Hall–Kier alpha value is -3.41. The third-order valence-corrected chi connectivity index (χ3v) is 4.36. The molecule has 6 heteroatoms. The van der Waals surface area contributed by atoms with Gasteiger partial charge in [-0.05, 0) is 55.3 Å². The van der Waals surface area contributed by atoms with E-state index in [2.05, 4.69) is 15.7 Å². The monoisotopic (exact) mass is 376 g/mol. The van der Waals surface area contributed by atoms with E-state index in [9.17, 15) is 9.59 Å². The lowest BCUT2D eigenvalue weighted by Crippen LogP contribution is -2.17. The number of aryl methyl sites for hydroxylation is 1. The maximum atomic E-state index is 12.6. The van der Waals surface area contributed by atoms with Gasteiger partial charge in [0.05, 0.1) is 5.69 Å². The van der Waals surface area contributed by atoms with Gasteiger partial charge in [0.1, 0.15) is 5.69 Å². The Kier molecular flexibility index (Phi) is 5.89.